The summed E-state index contributed by atoms with van der Waals surface area (Å²) >= 11 is 0. The second-order valence-electron chi connectivity index (χ2n) is 7.00. The van der Waals surface area contributed by atoms with Crippen molar-refractivity contribution >= 4 is 17.0 Å². The number of aromatic nitrogens is 4. The lowest BCUT2D eigenvalue weighted by Gasteiger charge is -2.35. The van der Waals surface area contributed by atoms with E-state index in [1.807, 2.05) is 61.0 Å². The number of fused-ring (bicyclic) bond motifs is 1. The topological polar surface area (TPSA) is 74.1 Å². The van der Waals surface area contributed by atoms with E-state index in [0.717, 1.165) is 16.9 Å². The van der Waals surface area contributed by atoms with Gasteiger partial charge in [-0.2, -0.15) is 0 Å². The molecule has 0 bridgehead atoms. The van der Waals surface area contributed by atoms with Crippen LogP contribution in [0, 0.1) is 6.92 Å². The number of nitrogens with zero attached hydrogens (tertiary/aromatic N) is 4. The smallest absolute Gasteiger partial charge is 0.177 e. The van der Waals surface area contributed by atoms with Gasteiger partial charge < -0.3 is 14.8 Å². The van der Waals surface area contributed by atoms with Crippen LogP contribution >= 0.6 is 0 Å². The molecule has 1 N–H and O–H groups in total. The molecule has 4 rings (SSSR count). The second kappa shape index (κ2) is 8.12. The summed E-state index contributed by atoms with van der Waals surface area (Å²) in [5, 5.41) is 3.11. The van der Waals surface area contributed by atoms with Crippen LogP contribution in [0.3, 0.4) is 0 Å². The summed E-state index contributed by atoms with van der Waals surface area (Å²) in [5.41, 5.74) is 2.52. The standard InChI is InChI=1S/C23H25N5O2/c1-16-26-21(24-2)20-22(27-16)28(15-25-20)23(30-4,18-11-6-5-7-12-18)14-17-10-8-9-13-19(17)29-3/h5-13,15H,14H2,1-4H3,(H,24,26,27). The van der Waals surface area contributed by atoms with Gasteiger partial charge in [0.2, 0.25) is 0 Å². The van der Waals surface area contributed by atoms with Crippen LogP contribution in [0.2, 0.25) is 0 Å². The first-order valence-electron chi connectivity index (χ1n) is 9.75. The van der Waals surface area contributed by atoms with Crippen molar-refractivity contribution in [3.63, 3.8) is 0 Å². The number of benzene rings is 2. The van der Waals surface area contributed by atoms with Crippen molar-refractivity contribution in [2.75, 3.05) is 26.6 Å². The summed E-state index contributed by atoms with van der Waals surface area (Å²) in [6, 6.07) is 18.1. The Kier molecular flexibility index (Phi) is 5.37. The van der Waals surface area contributed by atoms with Crippen LogP contribution in [0.15, 0.2) is 60.9 Å². The molecule has 2 heterocycles. The Hall–Kier alpha value is -3.45. The van der Waals surface area contributed by atoms with Gasteiger partial charge in [0.1, 0.15) is 11.6 Å². The molecule has 7 heteroatoms. The van der Waals surface area contributed by atoms with Gasteiger partial charge in [0.25, 0.3) is 0 Å². The third-order valence-electron chi connectivity index (χ3n) is 5.32. The average molecular weight is 403 g/mol. The maximum atomic E-state index is 6.28. The van der Waals surface area contributed by atoms with Gasteiger partial charge in [0, 0.05) is 26.1 Å². The molecule has 1 unspecified atom stereocenters. The zero-order valence-corrected chi connectivity index (χ0v) is 17.6. The quantitative estimate of drug-likeness (QED) is 0.506. The number of ether oxygens (including phenoxy) is 2. The molecule has 0 aliphatic heterocycles. The lowest BCUT2D eigenvalue weighted by Crippen LogP contribution is -2.39. The molecule has 7 nitrogen and oxygen atoms in total. The minimum Gasteiger partial charge on any atom is -0.496 e. The highest BCUT2D eigenvalue weighted by Crippen LogP contribution is 2.36. The summed E-state index contributed by atoms with van der Waals surface area (Å²) in [7, 11) is 5.22. The molecule has 0 fully saturated rings. The zero-order valence-electron chi connectivity index (χ0n) is 17.6. The molecule has 30 heavy (non-hydrogen) atoms. The van der Waals surface area contributed by atoms with Crippen LogP contribution in [-0.4, -0.2) is 40.8 Å². The number of imidazole rings is 1. The summed E-state index contributed by atoms with van der Waals surface area (Å²) in [6.45, 7) is 1.87. The summed E-state index contributed by atoms with van der Waals surface area (Å²) < 4.78 is 13.9. The van der Waals surface area contributed by atoms with Crippen molar-refractivity contribution in [2.24, 2.45) is 0 Å². The molecule has 0 saturated carbocycles. The molecular weight excluding hydrogens is 378 g/mol. The monoisotopic (exact) mass is 403 g/mol. The Morgan fingerprint density at radius 3 is 2.43 bits per heavy atom. The molecule has 0 aliphatic rings. The summed E-state index contributed by atoms with van der Waals surface area (Å²) in [6.07, 6.45) is 2.30. The molecule has 0 saturated heterocycles. The van der Waals surface area contributed by atoms with E-state index in [4.69, 9.17) is 14.5 Å². The van der Waals surface area contributed by atoms with Crippen LogP contribution in [0.25, 0.3) is 11.2 Å². The first-order valence-corrected chi connectivity index (χ1v) is 9.75. The fourth-order valence-electron chi connectivity index (χ4n) is 3.87. The van der Waals surface area contributed by atoms with E-state index in [9.17, 15) is 0 Å². The van der Waals surface area contributed by atoms with Crippen molar-refractivity contribution in [3.05, 3.63) is 77.9 Å². The third kappa shape index (κ3) is 3.27. The van der Waals surface area contributed by atoms with E-state index in [1.54, 1.807) is 20.5 Å². The Labute approximate surface area is 175 Å². The number of nitrogens with one attached hydrogen (secondary N) is 1. The molecule has 4 aromatic rings. The predicted molar refractivity (Wildman–Crippen MR) is 117 cm³/mol. The van der Waals surface area contributed by atoms with E-state index in [1.165, 1.54) is 0 Å². The number of rotatable bonds is 7. The van der Waals surface area contributed by atoms with E-state index in [0.29, 0.717) is 29.2 Å². The Morgan fingerprint density at radius 1 is 1.00 bits per heavy atom. The lowest BCUT2D eigenvalue weighted by molar-refractivity contribution is -0.0387. The normalized spacial score (nSPS) is 13.2. The maximum Gasteiger partial charge on any atom is 0.177 e. The number of hydrogen-bond donors (Lipinski definition) is 1. The van der Waals surface area contributed by atoms with Crippen LogP contribution in [0.5, 0.6) is 5.75 Å². The highest BCUT2D eigenvalue weighted by Gasteiger charge is 2.37. The molecule has 0 spiro atoms. The molecule has 0 radical (unpaired) electrons. The number of para-hydroxylation sites is 1. The Balaban J connectivity index is 1.99. The largest absolute Gasteiger partial charge is 0.496 e. The van der Waals surface area contributed by atoms with Crippen molar-refractivity contribution in [1.82, 2.24) is 19.5 Å². The first-order chi connectivity index (χ1) is 14.6. The summed E-state index contributed by atoms with van der Waals surface area (Å²) in [5.74, 6) is 2.15. The number of methoxy groups -OCH3 is 2. The molecular formula is C23H25N5O2. The Morgan fingerprint density at radius 2 is 1.73 bits per heavy atom. The molecule has 154 valence electrons. The van der Waals surface area contributed by atoms with Crippen molar-refractivity contribution in [1.29, 1.82) is 0 Å². The highest BCUT2D eigenvalue weighted by molar-refractivity contribution is 5.83. The number of anilines is 1. The highest BCUT2D eigenvalue weighted by atomic mass is 16.5. The zero-order chi connectivity index (χ0) is 21.1. The van der Waals surface area contributed by atoms with Gasteiger partial charge in [-0.1, -0.05) is 48.5 Å². The van der Waals surface area contributed by atoms with Crippen molar-refractivity contribution < 1.29 is 9.47 Å². The minimum absolute atomic E-state index is 0.529. The fourth-order valence-corrected chi connectivity index (χ4v) is 3.87. The second-order valence-corrected chi connectivity index (χ2v) is 7.00. The van der Waals surface area contributed by atoms with E-state index in [2.05, 4.69) is 27.4 Å². The molecule has 2 aromatic carbocycles. The first kappa shape index (κ1) is 19.8. The van der Waals surface area contributed by atoms with Gasteiger partial charge >= 0.3 is 0 Å². The predicted octanol–water partition coefficient (Wildman–Crippen LogP) is 3.78. The van der Waals surface area contributed by atoms with E-state index < -0.39 is 5.72 Å². The van der Waals surface area contributed by atoms with Crippen molar-refractivity contribution in [2.45, 2.75) is 19.1 Å². The Bertz CT molecular complexity index is 1160. The maximum absolute atomic E-state index is 6.28. The van der Waals surface area contributed by atoms with E-state index in [-0.39, 0.29) is 0 Å². The SMILES string of the molecule is CNc1nc(C)nc2c1ncn2C(Cc1ccccc1OC)(OC)c1ccccc1. The number of aryl methyl sites for hydroxylation is 1. The lowest BCUT2D eigenvalue weighted by atomic mass is 9.93. The van der Waals surface area contributed by atoms with Crippen LogP contribution in [-0.2, 0) is 16.9 Å². The van der Waals surface area contributed by atoms with Gasteiger partial charge in [-0.05, 0) is 18.6 Å². The van der Waals surface area contributed by atoms with Gasteiger partial charge in [0.15, 0.2) is 22.7 Å². The van der Waals surface area contributed by atoms with Gasteiger partial charge in [0.05, 0.1) is 13.4 Å². The third-order valence-corrected chi connectivity index (χ3v) is 5.32. The molecule has 0 aliphatic carbocycles. The molecule has 0 amide bonds. The minimum atomic E-state index is -0.879. The molecule has 2 aromatic heterocycles. The molecule has 1 atom stereocenters. The fraction of sp³-hybridized carbons (Fsp3) is 0.261. The van der Waals surface area contributed by atoms with E-state index >= 15 is 0 Å². The van der Waals surface area contributed by atoms with Crippen molar-refractivity contribution in [3.8, 4) is 5.75 Å². The summed E-state index contributed by atoms with van der Waals surface area (Å²) in [4.78, 5) is 13.8. The van der Waals surface area contributed by atoms with Gasteiger partial charge in [-0.15, -0.1) is 0 Å². The number of hydrogen-bond acceptors (Lipinski definition) is 6. The van der Waals surface area contributed by atoms with Crippen LogP contribution in [0.4, 0.5) is 5.82 Å². The van der Waals surface area contributed by atoms with Crippen LogP contribution in [0.1, 0.15) is 17.0 Å². The van der Waals surface area contributed by atoms with Gasteiger partial charge in [-0.3, -0.25) is 4.57 Å². The van der Waals surface area contributed by atoms with Crippen LogP contribution < -0.4 is 10.1 Å². The van der Waals surface area contributed by atoms with Gasteiger partial charge in [-0.25, -0.2) is 15.0 Å². The average Bonchev–Trinajstić information content (AvgIpc) is 3.22.